The number of fused-ring (bicyclic) bond motifs is 1. The molecule has 0 fully saturated rings. The molecule has 5 nitrogen and oxygen atoms in total. The summed E-state index contributed by atoms with van der Waals surface area (Å²) in [4.78, 5) is 4.40. The third-order valence-corrected chi connectivity index (χ3v) is 3.16. The normalized spacial score (nSPS) is 10.7. The molecule has 0 aliphatic rings. The van der Waals surface area contributed by atoms with Crippen molar-refractivity contribution in [3.05, 3.63) is 48.9 Å². The van der Waals surface area contributed by atoms with Gasteiger partial charge in [0.2, 0.25) is 0 Å². The zero-order chi connectivity index (χ0) is 13.8. The third kappa shape index (κ3) is 2.56. The lowest BCUT2D eigenvalue weighted by molar-refractivity contribution is 0.415. The summed E-state index contributed by atoms with van der Waals surface area (Å²) in [7, 11) is 1.67. The van der Waals surface area contributed by atoms with E-state index in [1.54, 1.807) is 19.5 Å². The molecule has 2 heterocycles. The summed E-state index contributed by atoms with van der Waals surface area (Å²) in [6.07, 6.45) is 5.53. The van der Waals surface area contributed by atoms with Crippen molar-refractivity contribution in [3.8, 4) is 5.75 Å². The van der Waals surface area contributed by atoms with E-state index in [1.807, 2.05) is 41.2 Å². The van der Waals surface area contributed by atoms with Gasteiger partial charge in [0, 0.05) is 30.5 Å². The molecule has 0 amide bonds. The highest BCUT2D eigenvalue weighted by molar-refractivity contribution is 5.92. The van der Waals surface area contributed by atoms with E-state index < -0.39 is 0 Å². The fourth-order valence-electron chi connectivity index (χ4n) is 2.15. The van der Waals surface area contributed by atoms with Crippen molar-refractivity contribution in [1.29, 1.82) is 0 Å². The Hall–Kier alpha value is -2.56. The molecule has 0 saturated carbocycles. The molecule has 0 bridgehead atoms. The molecule has 0 aliphatic heterocycles. The minimum atomic E-state index is 0.778. The minimum absolute atomic E-state index is 0.778. The second-order valence-electron chi connectivity index (χ2n) is 4.44. The number of aromatic nitrogens is 3. The summed E-state index contributed by atoms with van der Waals surface area (Å²) in [5.74, 6) is 1.74. The fraction of sp³-hybridized carbons (Fsp3) is 0.200. The van der Waals surface area contributed by atoms with Crippen LogP contribution in [0, 0.1) is 0 Å². The van der Waals surface area contributed by atoms with Gasteiger partial charge in [0.25, 0.3) is 0 Å². The SMILES string of the molecule is COc1ccc2c(NCCn3cccn3)nccc2c1. The first-order valence-electron chi connectivity index (χ1n) is 6.51. The zero-order valence-corrected chi connectivity index (χ0v) is 11.3. The molecular formula is C15H16N4O. The summed E-state index contributed by atoms with van der Waals surface area (Å²) in [6, 6.07) is 9.88. The highest BCUT2D eigenvalue weighted by atomic mass is 16.5. The van der Waals surface area contributed by atoms with Gasteiger partial charge in [-0.25, -0.2) is 4.98 Å². The van der Waals surface area contributed by atoms with Gasteiger partial charge in [-0.2, -0.15) is 5.10 Å². The van der Waals surface area contributed by atoms with Crippen molar-refractivity contribution >= 4 is 16.6 Å². The van der Waals surface area contributed by atoms with Crippen LogP contribution >= 0.6 is 0 Å². The van der Waals surface area contributed by atoms with Crippen LogP contribution < -0.4 is 10.1 Å². The fourth-order valence-corrected chi connectivity index (χ4v) is 2.15. The lowest BCUT2D eigenvalue weighted by Gasteiger charge is -2.09. The Morgan fingerprint density at radius 2 is 2.20 bits per heavy atom. The first-order chi connectivity index (χ1) is 9.86. The summed E-state index contributed by atoms with van der Waals surface area (Å²) >= 11 is 0. The monoisotopic (exact) mass is 268 g/mol. The Morgan fingerprint density at radius 3 is 3.00 bits per heavy atom. The van der Waals surface area contributed by atoms with Gasteiger partial charge in [0.15, 0.2) is 0 Å². The van der Waals surface area contributed by atoms with Crippen LogP contribution in [-0.4, -0.2) is 28.4 Å². The molecular weight excluding hydrogens is 252 g/mol. The van der Waals surface area contributed by atoms with E-state index >= 15 is 0 Å². The van der Waals surface area contributed by atoms with Gasteiger partial charge in [0.05, 0.1) is 13.7 Å². The van der Waals surface area contributed by atoms with Crippen molar-refractivity contribution in [3.63, 3.8) is 0 Å². The van der Waals surface area contributed by atoms with Crippen LogP contribution in [0.2, 0.25) is 0 Å². The molecule has 0 radical (unpaired) electrons. The van der Waals surface area contributed by atoms with Crippen LogP contribution in [0.15, 0.2) is 48.9 Å². The second-order valence-corrected chi connectivity index (χ2v) is 4.44. The minimum Gasteiger partial charge on any atom is -0.497 e. The predicted molar refractivity (Wildman–Crippen MR) is 79.0 cm³/mol. The topological polar surface area (TPSA) is 52.0 Å². The second kappa shape index (κ2) is 5.61. The molecule has 0 spiro atoms. The summed E-state index contributed by atoms with van der Waals surface area (Å²) in [6.45, 7) is 1.58. The van der Waals surface area contributed by atoms with E-state index in [2.05, 4.69) is 15.4 Å². The number of hydrogen-bond donors (Lipinski definition) is 1. The Balaban J connectivity index is 1.77. The van der Waals surface area contributed by atoms with Crippen LogP contribution in [0.4, 0.5) is 5.82 Å². The number of nitrogens with zero attached hydrogens (tertiary/aromatic N) is 3. The summed E-state index contributed by atoms with van der Waals surface area (Å²) < 4.78 is 7.13. The predicted octanol–water partition coefficient (Wildman–Crippen LogP) is 2.55. The van der Waals surface area contributed by atoms with Crippen LogP contribution in [-0.2, 0) is 6.54 Å². The van der Waals surface area contributed by atoms with Gasteiger partial charge < -0.3 is 10.1 Å². The Kier molecular flexibility index (Phi) is 3.50. The number of pyridine rings is 1. The molecule has 0 atom stereocenters. The maximum atomic E-state index is 5.24. The van der Waals surface area contributed by atoms with Gasteiger partial charge in [-0.15, -0.1) is 0 Å². The molecule has 20 heavy (non-hydrogen) atoms. The van der Waals surface area contributed by atoms with E-state index in [0.29, 0.717) is 0 Å². The number of anilines is 1. The van der Waals surface area contributed by atoms with Crippen LogP contribution in [0.3, 0.4) is 0 Å². The van der Waals surface area contributed by atoms with Crippen LogP contribution in [0.5, 0.6) is 5.75 Å². The van der Waals surface area contributed by atoms with Crippen LogP contribution in [0.1, 0.15) is 0 Å². The summed E-state index contributed by atoms with van der Waals surface area (Å²) in [5, 5.41) is 9.73. The standard InChI is InChI=1S/C15H16N4O/c1-20-13-3-4-14-12(11-13)5-7-16-15(14)17-8-10-19-9-2-6-18-19/h2-7,9,11H,8,10H2,1H3,(H,16,17). The van der Waals surface area contributed by atoms with Gasteiger partial charge in [-0.1, -0.05) is 0 Å². The number of rotatable bonds is 5. The number of nitrogens with one attached hydrogen (secondary N) is 1. The number of methoxy groups -OCH3 is 1. The quantitative estimate of drug-likeness (QED) is 0.772. The van der Waals surface area contributed by atoms with Crippen molar-refractivity contribution in [2.45, 2.75) is 6.54 Å². The first-order valence-corrected chi connectivity index (χ1v) is 6.51. The molecule has 0 aliphatic carbocycles. The van der Waals surface area contributed by atoms with Crippen molar-refractivity contribution < 1.29 is 4.74 Å². The van der Waals surface area contributed by atoms with Crippen molar-refractivity contribution in [2.75, 3.05) is 19.0 Å². The van der Waals surface area contributed by atoms with Gasteiger partial charge in [-0.05, 0) is 35.7 Å². The van der Waals surface area contributed by atoms with Gasteiger partial charge in [-0.3, -0.25) is 4.68 Å². The maximum absolute atomic E-state index is 5.24. The Morgan fingerprint density at radius 1 is 1.25 bits per heavy atom. The molecule has 3 aromatic rings. The summed E-state index contributed by atoms with van der Waals surface area (Å²) in [5.41, 5.74) is 0. The van der Waals surface area contributed by atoms with Crippen LogP contribution in [0.25, 0.3) is 10.8 Å². The first kappa shape index (κ1) is 12.5. The van der Waals surface area contributed by atoms with Crippen molar-refractivity contribution in [1.82, 2.24) is 14.8 Å². The largest absolute Gasteiger partial charge is 0.497 e. The molecule has 1 aromatic carbocycles. The number of hydrogen-bond acceptors (Lipinski definition) is 4. The lowest BCUT2D eigenvalue weighted by atomic mass is 10.1. The molecule has 0 unspecified atom stereocenters. The smallest absolute Gasteiger partial charge is 0.133 e. The van der Waals surface area contributed by atoms with E-state index in [-0.39, 0.29) is 0 Å². The maximum Gasteiger partial charge on any atom is 0.133 e. The molecule has 2 aromatic heterocycles. The zero-order valence-electron chi connectivity index (χ0n) is 11.3. The van der Waals surface area contributed by atoms with E-state index in [4.69, 9.17) is 4.74 Å². The number of ether oxygens (including phenoxy) is 1. The van der Waals surface area contributed by atoms with E-state index in [9.17, 15) is 0 Å². The molecule has 1 N–H and O–H groups in total. The Labute approximate surface area is 117 Å². The van der Waals surface area contributed by atoms with E-state index in [0.717, 1.165) is 35.4 Å². The molecule has 5 heteroatoms. The van der Waals surface area contributed by atoms with Crippen molar-refractivity contribution in [2.24, 2.45) is 0 Å². The lowest BCUT2D eigenvalue weighted by Crippen LogP contribution is -2.11. The highest BCUT2D eigenvalue weighted by Crippen LogP contribution is 2.25. The average molecular weight is 268 g/mol. The Bertz CT molecular complexity index is 694. The molecule has 0 saturated heterocycles. The third-order valence-electron chi connectivity index (χ3n) is 3.16. The van der Waals surface area contributed by atoms with E-state index in [1.165, 1.54) is 0 Å². The number of benzene rings is 1. The molecule has 3 rings (SSSR count). The van der Waals surface area contributed by atoms with Gasteiger partial charge >= 0.3 is 0 Å². The van der Waals surface area contributed by atoms with Gasteiger partial charge in [0.1, 0.15) is 11.6 Å². The highest BCUT2D eigenvalue weighted by Gasteiger charge is 2.03. The average Bonchev–Trinajstić information content (AvgIpc) is 3.00. The molecule has 102 valence electrons.